The van der Waals surface area contributed by atoms with Crippen LogP contribution in [0.2, 0.25) is 0 Å². The van der Waals surface area contributed by atoms with Gasteiger partial charge in [0, 0.05) is 19.6 Å². The molecule has 1 fully saturated rings. The highest BCUT2D eigenvalue weighted by atomic mass is 16.5. The van der Waals surface area contributed by atoms with Crippen molar-refractivity contribution in [1.82, 2.24) is 4.98 Å². The molecule has 0 aromatic carbocycles. The molecular weight excluding hydrogens is 182 g/mol. The lowest BCUT2D eigenvalue weighted by Gasteiger charge is -2.20. The predicted octanol–water partition coefficient (Wildman–Crippen LogP) is 1.46. The average molecular weight is 195 g/mol. The van der Waals surface area contributed by atoms with E-state index in [1.807, 2.05) is 0 Å². The third kappa shape index (κ3) is 2.20. The van der Waals surface area contributed by atoms with Crippen LogP contribution in [0.5, 0.6) is 0 Å². The first-order valence-electron chi connectivity index (χ1n) is 4.86. The van der Waals surface area contributed by atoms with Crippen molar-refractivity contribution in [2.24, 2.45) is 5.92 Å². The molecule has 14 heavy (non-hydrogen) atoms. The summed E-state index contributed by atoms with van der Waals surface area (Å²) in [6.45, 7) is 1.65. The van der Waals surface area contributed by atoms with Crippen LogP contribution in [0, 0.1) is 5.92 Å². The second kappa shape index (κ2) is 4.37. The smallest absolute Gasteiger partial charge is 0.194 e. The van der Waals surface area contributed by atoms with E-state index in [4.69, 9.17) is 9.15 Å². The molecule has 1 aromatic heterocycles. The molecule has 0 atom stereocenters. The van der Waals surface area contributed by atoms with Gasteiger partial charge in [-0.15, -0.1) is 0 Å². The summed E-state index contributed by atoms with van der Waals surface area (Å²) >= 11 is 0. The molecule has 0 N–H and O–H groups in total. The topological polar surface area (TPSA) is 52.3 Å². The lowest BCUT2D eigenvalue weighted by atomic mass is 9.97. The minimum atomic E-state index is 0.382. The van der Waals surface area contributed by atoms with Crippen LogP contribution in [0.15, 0.2) is 10.7 Å². The van der Waals surface area contributed by atoms with Gasteiger partial charge in [-0.2, -0.15) is 0 Å². The van der Waals surface area contributed by atoms with E-state index in [1.54, 1.807) is 0 Å². The number of carbonyl (C=O) groups is 1. The Morgan fingerprint density at radius 2 is 2.29 bits per heavy atom. The summed E-state index contributed by atoms with van der Waals surface area (Å²) in [5.41, 5.74) is 0.382. The highest BCUT2D eigenvalue weighted by Crippen LogP contribution is 2.19. The molecule has 0 bridgehead atoms. The van der Waals surface area contributed by atoms with Gasteiger partial charge in [0.1, 0.15) is 12.0 Å². The Morgan fingerprint density at radius 3 is 2.93 bits per heavy atom. The quantitative estimate of drug-likeness (QED) is 0.685. The molecule has 4 nitrogen and oxygen atoms in total. The zero-order chi connectivity index (χ0) is 9.80. The molecule has 1 aromatic rings. The minimum absolute atomic E-state index is 0.382. The van der Waals surface area contributed by atoms with E-state index in [1.165, 1.54) is 6.26 Å². The third-order valence-electron chi connectivity index (χ3n) is 2.49. The van der Waals surface area contributed by atoms with Gasteiger partial charge >= 0.3 is 0 Å². The zero-order valence-electron chi connectivity index (χ0n) is 7.94. The number of aldehydes is 1. The van der Waals surface area contributed by atoms with Crippen LogP contribution in [0.1, 0.15) is 29.2 Å². The number of hydrogen-bond acceptors (Lipinski definition) is 4. The van der Waals surface area contributed by atoms with E-state index in [9.17, 15) is 4.79 Å². The van der Waals surface area contributed by atoms with Gasteiger partial charge in [0.05, 0.1) is 0 Å². The van der Waals surface area contributed by atoms with E-state index in [0.29, 0.717) is 23.8 Å². The zero-order valence-corrected chi connectivity index (χ0v) is 7.94. The first kappa shape index (κ1) is 9.40. The molecule has 76 valence electrons. The van der Waals surface area contributed by atoms with Gasteiger partial charge in [-0.25, -0.2) is 4.98 Å². The Bertz CT molecular complexity index is 302. The van der Waals surface area contributed by atoms with Crippen molar-refractivity contribution >= 4 is 6.29 Å². The standard InChI is InChI=1S/C10H13NO3/c12-6-9-7-14-10(11-9)5-8-1-3-13-4-2-8/h6-8H,1-5H2. The molecule has 0 amide bonds. The number of carbonyl (C=O) groups excluding carboxylic acids is 1. The van der Waals surface area contributed by atoms with Gasteiger partial charge in [-0.05, 0) is 18.8 Å². The number of ether oxygens (including phenoxy) is 1. The Kier molecular flexibility index (Phi) is 2.93. The molecule has 1 aliphatic heterocycles. The monoisotopic (exact) mass is 195 g/mol. The number of hydrogen-bond donors (Lipinski definition) is 0. The van der Waals surface area contributed by atoms with Crippen LogP contribution in [-0.2, 0) is 11.2 Å². The van der Waals surface area contributed by atoms with Gasteiger partial charge in [0.25, 0.3) is 0 Å². The molecule has 2 rings (SSSR count). The number of rotatable bonds is 3. The fourth-order valence-electron chi connectivity index (χ4n) is 1.67. The average Bonchev–Trinajstić information content (AvgIpc) is 2.67. The largest absolute Gasteiger partial charge is 0.448 e. The fraction of sp³-hybridized carbons (Fsp3) is 0.600. The molecule has 1 saturated heterocycles. The highest BCUT2D eigenvalue weighted by Gasteiger charge is 2.16. The Balaban J connectivity index is 1.92. The van der Waals surface area contributed by atoms with Gasteiger partial charge in [0.15, 0.2) is 12.2 Å². The van der Waals surface area contributed by atoms with Crippen LogP contribution in [0.3, 0.4) is 0 Å². The van der Waals surface area contributed by atoms with Crippen LogP contribution < -0.4 is 0 Å². The molecule has 0 radical (unpaired) electrons. The molecule has 0 unspecified atom stereocenters. The number of nitrogens with zero attached hydrogens (tertiary/aromatic N) is 1. The first-order chi connectivity index (χ1) is 6.88. The highest BCUT2D eigenvalue weighted by molar-refractivity contribution is 5.70. The first-order valence-corrected chi connectivity index (χ1v) is 4.86. The molecule has 0 spiro atoms. The third-order valence-corrected chi connectivity index (χ3v) is 2.49. The van der Waals surface area contributed by atoms with E-state index in [2.05, 4.69) is 4.98 Å². The lowest BCUT2D eigenvalue weighted by Crippen LogP contribution is -2.17. The summed E-state index contributed by atoms with van der Waals surface area (Å²) in [4.78, 5) is 14.4. The summed E-state index contributed by atoms with van der Waals surface area (Å²) in [6.07, 6.45) is 5.04. The van der Waals surface area contributed by atoms with Crippen molar-refractivity contribution in [3.8, 4) is 0 Å². The molecule has 0 saturated carbocycles. The summed E-state index contributed by atoms with van der Waals surface area (Å²) < 4.78 is 10.4. The molecular formula is C10H13NO3. The van der Waals surface area contributed by atoms with Gasteiger partial charge in [-0.1, -0.05) is 0 Å². The summed E-state index contributed by atoms with van der Waals surface area (Å²) in [6, 6.07) is 0. The maximum Gasteiger partial charge on any atom is 0.194 e. The van der Waals surface area contributed by atoms with Crippen molar-refractivity contribution in [3.63, 3.8) is 0 Å². The Labute approximate surface area is 82.3 Å². The van der Waals surface area contributed by atoms with Crippen molar-refractivity contribution in [1.29, 1.82) is 0 Å². The van der Waals surface area contributed by atoms with Gasteiger partial charge in [-0.3, -0.25) is 4.79 Å². The fourth-order valence-corrected chi connectivity index (χ4v) is 1.67. The molecule has 1 aliphatic rings. The van der Waals surface area contributed by atoms with Gasteiger partial charge in [0.2, 0.25) is 0 Å². The molecule has 0 aliphatic carbocycles. The van der Waals surface area contributed by atoms with E-state index < -0.39 is 0 Å². The maximum atomic E-state index is 10.4. The van der Waals surface area contributed by atoms with Crippen LogP contribution in [-0.4, -0.2) is 24.5 Å². The van der Waals surface area contributed by atoms with Crippen LogP contribution in [0.4, 0.5) is 0 Å². The van der Waals surface area contributed by atoms with E-state index in [-0.39, 0.29) is 0 Å². The normalized spacial score (nSPS) is 18.3. The summed E-state index contributed by atoms with van der Waals surface area (Å²) in [7, 11) is 0. The predicted molar refractivity (Wildman–Crippen MR) is 49.1 cm³/mol. The van der Waals surface area contributed by atoms with E-state index >= 15 is 0 Å². The lowest BCUT2D eigenvalue weighted by molar-refractivity contribution is 0.0647. The SMILES string of the molecule is O=Cc1coc(CC2CCOCC2)n1. The van der Waals surface area contributed by atoms with Crippen molar-refractivity contribution in [2.45, 2.75) is 19.3 Å². The summed E-state index contributed by atoms with van der Waals surface area (Å²) in [5.74, 6) is 1.25. The Hall–Kier alpha value is -1.16. The van der Waals surface area contributed by atoms with Crippen molar-refractivity contribution in [3.05, 3.63) is 17.8 Å². The van der Waals surface area contributed by atoms with Crippen molar-refractivity contribution in [2.75, 3.05) is 13.2 Å². The van der Waals surface area contributed by atoms with Gasteiger partial charge < -0.3 is 9.15 Å². The second-order valence-electron chi connectivity index (χ2n) is 3.54. The van der Waals surface area contributed by atoms with E-state index in [0.717, 1.165) is 32.5 Å². The van der Waals surface area contributed by atoms with Crippen LogP contribution >= 0.6 is 0 Å². The number of aromatic nitrogens is 1. The van der Waals surface area contributed by atoms with Crippen LogP contribution in [0.25, 0.3) is 0 Å². The minimum Gasteiger partial charge on any atom is -0.448 e. The van der Waals surface area contributed by atoms with Crippen molar-refractivity contribution < 1.29 is 13.9 Å². The second-order valence-corrected chi connectivity index (χ2v) is 3.54. The molecule has 2 heterocycles. The summed E-state index contributed by atoms with van der Waals surface area (Å²) in [5, 5.41) is 0. The Morgan fingerprint density at radius 1 is 1.50 bits per heavy atom. The maximum absolute atomic E-state index is 10.4. The number of oxazole rings is 1. The molecule has 4 heteroatoms.